The Morgan fingerprint density at radius 1 is 1.50 bits per heavy atom. The van der Waals surface area contributed by atoms with Gasteiger partial charge in [0.1, 0.15) is 0 Å². The molecule has 0 spiro atoms. The third kappa shape index (κ3) is 3.23. The minimum atomic E-state index is -0.0331. The Kier molecular flexibility index (Phi) is 4.20. The number of amides is 1. The van der Waals surface area contributed by atoms with Gasteiger partial charge < -0.3 is 15.0 Å². The van der Waals surface area contributed by atoms with Gasteiger partial charge in [0, 0.05) is 38.5 Å². The van der Waals surface area contributed by atoms with E-state index >= 15 is 0 Å². The molecular formula is C14H20N2O2. The topological polar surface area (TPSA) is 41.6 Å². The van der Waals surface area contributed by atoms with E-state index in [2.05, 4.69) is 5.32 Å². The second kappa shape index (κ2) is 5.87. The lowest BCUT2D eigenvalue weighted by molar-refractivity contribution is 0.0858. The maximum atomic E-state index is 12.0. The van der Waals surface area contributed by atoms with Gasteiger partial charge in [0.05, 0.1) is 6.10 Å². The smallest absolute Gasteiger partial charge is 0.251 e. The number of ether oxygens (including phenoxy) is 1. The number of carbonyl (C=O) groups is 1. The number of rotatable bonds is 4. The molecule has 0 aliphatic carbocycles. The number of nitrogens with zero attached hydrogens (tertiary/aromatic N) is 1. The number of nitrogens with one attached hydrogen (secondary N) is 1. The highest BCUT2D eigenvalue weighted by atomic mass is 16.5. The van der Waals surface area contributed by atoms with Crippen molar-refractivity contribution in [2.45, 2.75) is 18.9 Å². The van der Waals surface area contributed by atoms with Gasteiger partial charge in [-0.25, -0.2) is 0 Å². The van der Waals surface area contributed by atoms with Crippen LogP contribution in [0.15, 0.2) is 24.3 Å². The summed E-state index contributed by atoms with van der Waals surface area (Å²) in [5.41, 5.74) is 1.72. The fourth-order valence-electron chi connectivity index (χ4n) is 2.04. The first-order valence-electron chi connectivity index (χ1n) is 6.34. The van der Waals surface area contributed by atoms with Gasteiger partial charge in [-0.15, -0.1) is 0 Å². The van der Waals surface area contributed by atoms with Gasteiger partial charge in [-0.2, -0.15) is 0 Å². The zero-order valence-corrected chi connectivity index (χ0v) is 11.0. The monoisotopic (exact) mass is 248 g/mol. The summed E-state index contributed by atoms with van der Waals surface area (Å²) in [6.07, 6.45) is 2.32. The van der Waals surface area contributed by atoms with Crippen LogP contribution in [0, 0.1) is 0 Å². The molecule has 1 N–H and O–H groups in total. The molecule has 0 radical (unpaired) electrons. The van der Waals surface area contributed by atoms with E-state index in [0.717, 1.165) is 25.1 Å². The number of hydrogen-bond donors (Lipinski definition) is 1. The van der Waals surface area contributed by atoms with E-state index in [-0.39, 0.29) is 12.0 Å². The van der Waals surface area contributed by atoms with Gasteiger partial charge in [-0.1, -0.05) is 6.07 Å². The summed E-state index contributed by atoms with van der Waals surface area (Å²) in [6, 6.07) is 7.61. The maximum absolute atomic E-state index is 12.0. The van der Waals surface area contributed by atoms with Crippen LogP contribution in [0.4, 0.5) is 5.69 Å². The van der Waals surface area contributed by atoms with E-state index in [0.29, 0.717) is 12.1 Å². The van der Waals surface area contributed by atoms with Gasteiger partial charge >= 0.3 is 0 Å². The van der Waals surface area contributed by atoms with Crippen LogP contribution < -0.4 is 10.2 Å². The van der Waals surface area contributed by atoms with Crippen LogP contribution in [0.2, 0.25) is 0 Å². The van der Waals surface area contributed by atoms with Crippen LogP contribution in [0.1, 0.15) is 23.2 Å². The van der Waals surface area contributed by atoms with Crippen LogP contribution in [0.25, 0.3) is 0 Å². The highest BCUT2D eigenvalue weighted by Crippen LogP contribution is 2.14. The van der Waals surface area contributed by atoms with Crippen molar-refractivity contribution in [3.63, 3.8) is 0 Å². The molecule has 18 heavy (non-hydrogen) atoms. The number of hydrogen-bond acceptors (Lipinski definition) is 3. The van der Waals surface area contributed by atoms with Gasteiger partial charge in [0.15, 0.2) is 0 Å². The summed E-state index contributed by atoms with van der Waals surface area (Å²) in [4.78, 5) is 14.0. The average Bonchev–Trinajstić information content (AvgIpc) is 2.89. The largest absolute Gasteiger partial charge is 0.378 e. The first-order valence-corrected chi connectivity index (χ1v) is 6.34. The van der Waals surface area contributed by atoms with E-state index in [1.807, 2.05) is 43.3 Å². The van der Waals surface area contributed by atoms with Crippen molar-refractivity contribution < 1.29 is 9.53 Å². The fraction of sp³-hybridized carbons (Fsp3) is 0.500. The minimum absolute atomic E-state index is 0.0331. The lowest BCUT2D eigenvalue weighted by Crippen LogP contribution is -2.31. The fourth-order valence-corrected chi connectivity index (χ4v) is 2.04. The van der Waals surface area contributed by atoms with E-state index in [4.69, 9.17) is 4.74 Å². The van der Waals surface area contributed by atoms with Crippen LogP contribution in [0.3, 0.4) is 0 Å². The highest BCUT2D eigenvalue weighted by Gasteiger charge is 2.16. The van der Waals surface area contributed by atoms with Gasteiger partial charge in [0.25, 0.3) is 5.91 Å². The van der Waals surface area contributed by atoms with E-state index < -0.39 is 0 Å². The Hall–Kier alpha value is -1.55. The second-order valence-electron chi connectivity index (χ2n) is 4.79. The maximum Gasteiger partial charge on any atom is 0.251 e. The van der Waals surface area contributed by atoms with Crippen molar-refractivity contribution in [3.05, 3.63) is 29.8 Å². The highest BCUT2D eigenvalue weighted by molar-refractivity contribution is 5.95. The van der Waals surface area contributed by atoms with Crippen LogP contribution in [-0.2, 0) is 4.74 Å². The Bertz CT molecular complexity index is 412. The van der Waals surface area contributed by atoms with Crippen LogP contribution in [-0.4, -0.2) is 39.3 Å². The van der Waals surface area contributed by atoms with Gasteiger partial charge in [-0.3, -0.25) is 4.79 Å². The van der Waals surface area contributed by atoms with Crippen LogP contribution in [0.5, 0.6) is 0 Å². The molecule has 98 valence electrons. The summed E-state index contributed by atoms with van der Waals surface area (Å²) >= 11 is 0. The molecule has 1 aliphatic heterocycles. The molecule has 4 heteroatoms. The predicted molar refractivity (Wildman–Crippen MR) is 72.1 cm³/mol. The molecule has 1 saturated heterocycles. The quantitative estimate of drug-likeness (QED) is 0.881. The molecule has 1 amide bonds. The molecule has 1 fully saturated rings. The average molecular weight is 248 g/mol. The third-order valence-corrected chi connectivity index (χ3v) is 3.14. The molecular weight excluding hydrogens is 228 g/mol. The molecule has 1 heterocycles. The number of anilines is 1. The summed E-state index contributed by atoms with van der Waals surface area (Å²) in [5, 5.41) is 2.92. The number of benzene rings is 1. The van der Waals surface area contributed by atoms with E-state index in [1.54, 1.807) is 0 Å². The first-order chi connectivity index (χ1) is 8.66. The summed E-state index contributed by atoms with van der Waals surface area (Å²) < 4.78 is 5.48. The van der Waals surface area contributed by atoms with Crippen molar-refractivity contribution in [1.82, 2.24) is 5.32 Å². The molecule has 4 nitrogen and oxygen atoms in total. The Balaban J connectivity index is 1.93. The number of carbonyl (C=O) groups excluding carboxylic acids is 1. The summed E-state index contributed by atoms with van der Waals surface area (Å²) in [5.74, 6) is -0.0331. The zero-order chi connectivity index (χ0) is 13.0. The third-order valence-electron chi connectivity index (χ3n) is 3.14. The van der Waals surface area contributed by atoms with Crippen molar-refractivity contribution >= 4 is 11.6 Å². The van der Waals surface area contributed by atoms with Crippen LogP contribution >= 0.6 is 0 Å². The summed E-state index contributed by atoms with van der Waals surface area (Å²) in [7, 11) is 3.92. The Morgan fingerprint density at radius 2 is 2.33 bits per heavy atom. The molecule has 0 bridgehead atoms. The molecule has 1 atom stereocenters. The SMILES string of the molecule is CN(C)c1cccc(C(=O)NC[C@@H]2CCCO2)c1. The molecule has 1 aromatic carbocycles. The van der Waals surface area contributed by atoms with Crippen molar-refractivity contribution in [1.29, 1.82) is 0 Å². The van der Waals surface area contributed by atoms with Crippen molar-refractivity contribution in [2.24, 2.45) is 0 Å². The normalized spacial score (nSPS) is 18.7. The predicted octanol–water partition coefficient (Wildman–Crippen LogP) is 1.66. The Morgan fingerprint density at radius 3 is 3.00 bits per heavy atom. The lowest BCUT2D eigenvalue weighted by atomic mass is 10.1. The molecule has 2 rings (SSSR count). The van der Waals surface area contributed by atoms with Gasteiger partial charge in [0.2, 0.25) is 0 Å². The zero-order valence-electron chi connectivity index (χ0n) is 11.0. The summed E-state index contributed by atoms with van der Waals surface area (Å²) in [6.45, 7) is 1.42. The molecule has 0 unspecified atom stereocenters. The molecule has 1 aromatic rings. The molecule has 0 saturated carbocycles. The molecule has 0 aromatic heterocycles. The first kappa shape index (κ1) is 12.9. The van der Waals surface area contributed by atoms with Gasteiger partial charge in [-0.05, 0) is 31.0 Å². The standard InChI is InChI=1S/C14H20N2O2/c1-16(2)12-6-3-5-11(9-12)14(17)15-10-13-7-4-8-18-13/h3,5-6,9,13H,4,7-8,10H2,1-2H3,(H,15,17)/t13-/m0/s1. The minimum Gasteiger partial charge on any atom is -0.378 e. The lowest BCUT2D eigenvalue weighted by Gasteiger charge is -2.14. The van der Waals surface area contributed by atoms with Crippen molar-refractivity contribution in [3.8, 4) is 0 Å². The van der Waals surface area contributed by atoms with E-state index in [1.165, 1.54) is 0 Å². The van der Waals surface area contributed by atoms with E-state index in [9.17, 15) is 4.79 Å². The van der Waals surface area contributed by atoms with Crippen molar-refractivity contribution in [2.75, 3.05) is 32.1 Å². The second-order valence-corrected chi connectivity index (χ2v) is 4.79. The Labute approximate surface area is 108 Å². The molecule has 1 aliphatic rings.